The van der Waals surface area contributed by atoms with Crippen LogP contribution in [0.15, 0.2) is 83.1 Å². The standard InChI is InChI=1S/C76H103N13O23S2/c1-6-76(63-44-66-70-61(49-88(66)72(94)62(63)51-110-73(76)95)59(60-15-10-11-16-64(60)84-70)23-26-89(54(2)3)114(5,99)100)112-75(96)111-50-55-19-21-57(22-20-55)82-71(93)65(17-12-13-24-77)83-69(92)53-109-52-68(91)78-25-28-101-30-32-103-34-36-105-38-40-107-42-43-108-41-39-106-37-35-104-33-31-102-29-27-87-48-58(85-86-87)47-79-67(90)18-9-7-8-14-56-45-80-74(81-46-56)113(4,97)98/h10-11,15-16,19-22,44-46,48,54,65H,6-7,9,12-13,17-18,23-43,47,49-53,77H2,1-5H3,(H,78,91)(H,79,90)(H,82,93)(H,83,92)/t65-,76-/m0/s1. The van der Waals surface area contributed by atoms with Crippen LogP contribution in [0.3, 0.4) is 0 Å². The third kappa shape index (κ3) is 28.9. The van der Waals surface area contributed by atoms with Crippen LogP contribution in [-0.2, 0) is 146 Å². The summed E-state index contributed by atoms with van der Waals surface area (Å²) >= 11 is 0. The first-order valence-corrected chi connectivity index (χ1v) is 41.4. The van der Waals surface area contributed by atoms with Crippen molar-refractivity contribution in [3.05, 3.63) is 123 Å². The van der Waals surface area contributed by atoms with Gasteiger partial charge in [-0.3, -0.25) is 24.0 Å². The number of unbranched alkanes of at least 4 members (excludes halogenated alkanes) is 2. The van der Waals surface area contributed by atoms with Gasteiger partial charge in [-0.25, -0.2) is 46.1 Å². The molecule has 0 fully saturated rings. The SMILES string of the molecule is CC[C@@]1(OC(=O)OCc2ccc(NC(=O)[C@H](CCCCN)NC(=O)COCC(=O)NCCOCCOCCOCCOCCOCCOCCOCCOCCn3cc(CNC(=O)CCCC#Cc4cnc(S(C)(=O)=O)nc4)nn3)cc2)C(=O)OCc2c1cc1n(c2=O)Cc2c-1nc1ccccc1c2CCN(C(C)C)S(C)(=O)=O. The number of hydrogen-bond acceptors (Lipinski definition) is 29. The quantitative estimate of drug-likeness (QED) is 0.0158. The van der Waals surface area contributed by atoms with E-state index in [0.717, 1.165) is 22.8 Å². The number of esters is 1. The Morgan fingerprint density at radius 3 is 1.97 bits per heavy atom. The molecule has 0 saturated carbocycles. The molecule has 2 aromatic carbocycles. The first-order chi connectivity index (χ1) is 55.0. The lowest BCUT2D eigenvalue weighted by Gasteiger charge is -2.35. The summed E-state index contributed by atoms with van der Waals surface area (Å²) in [5.74, 6) is 3.12. The van der Waals surface area contributed by atoms with Crippen LogP contribution in [0, 0.1) is 11.8 Å². The summed E-state index contributed by atoms with van der Waals surface area (Å²) in [7, 11) is -7.02. The Balaban J connectivity index is 0.597. The van der Waals surface area contributed by atoms with Crippen molar-refractivity contribution in [1.29, 1.82) is 0 Å². The Hall–Kier alpha value is -9.34. The van der Waals surface area contributed by atoms with Gasteiger partial charge in [-0.1, -0.05) is 54.3 Å². The highest BCUT2D eigenvalue weighted by Crippen LogP contribution is 2.42. The van der Waals surface area contributed by atoms with Crippen molar-refractivity contribution in [2.24, 2.45) is 5.73 Å². The fourth-order valence-electron chi connectivity index (χ4n) is 12.0. The molecule has 622 valence electrons. The number of sulfone groups is 1. The maximum atomic E-state index is 14.4. The molecule has 0 radical (unpaired) electrons. The number of nitrogens with two attached hydrogens (primary N) is 1. The first-order valence-electron chi connectivity index (χ1n) is 37.7. The van der Waals surface area contributed by atoms with Gasteiger partial charge >= 0.3 is 12.1 Å². The molecule has 0 aliphatic carbocycles. The van der Waals surface area contributed by atoms with Gasteiger partial charge in [0.25, 0.3) is 5.56 Å². The molecule has 2 aliphatic heterocycles. The number of cyclic esters (lactones) is 1. The van der Waals surface area contributed by atoms with Crippen molar-refractivity contribution in [2.75, 3.05) is 156 Å². The van der Waals surface area contributed by atoms with Crippen LogP contribution in [0.4, 0.5) is 10.5 Å². The van der Waals surface area contributed by atoms with Gasteiger partial charge in [-0.05, 0) is 94.3 Å². The lowest BCUT2D eigenvalue weighted by Crippen LogP contribution is -2.47. The average Bonchev–Trinajstić information content (AvgIpc) is 1.49. The second-order valence-corrected chi connectivity index (χ2v) is 30.5. The monoisotopic (exact) mass is 1630 g/mol. The third-order valence-corrected chi connectivity index (χ3v) is 20.1. The van der Waals surface area contributed by atoms with E-state index >= 15 is 0 Å². The van der Waals surface area contributed by atoms with Crippen molar-refractivity contribution in [1.82, 2.24) is 54.8 Å². The van der Waals surface area contributed by atoms with E-state index in [0.29, 0.717) is 177 Å². The minimum absolute atomic E-state index is 0.119. The van der Waals surface area contributed by atoms with Crippen molar-refractivity contribution in [3.8, 4) is 23.2 Å². The lowest BCUT2D eigenvalue weighted by molar-refractivity contribution is -0.175. The highest BCUT2D eigenvalue weighted by atomic mass is 32.2. The molecule has 4 amide bonds. The Kier molecular flexibility index (Phi) is 37.1. The number of amides is 4. The topological polar surface area (TPSA) is 450 Å². The Morgan fingerprint density at radius 1 is 0.737 bits per heavy atom. The average molecular weight is 1630 g/mol. The number of pyridine rings is 2. The molecule has 38 heteroatoms. The zero-order valence-corrected chi connectivity index (χ0v) is 66.6. The smallest absolute Gasteiger partial charge is 0.457 e. The van der Waals surface area contributed by atoms with Crippen molar-refractivity contribution >= 4 is 72.2 Å². The summed E-state index contributed by atoms with van der Waals surface area (Å²) in [6.45, 7) is 11.2. The van der Waals surface area contributed by atoms with E-state index in [9.17, 15) is 50.4 Å². The zero-order valence-electron chi connectivity index (χ0n) is 65.0. The van der Waals surface area contributed by atoms with Crippen LogP contribution in [0.25, 0.3) is 22.3 Å². The number of carbonyl (C=O) groups is 6. The Labute approximate surface area is 662 Å². The van der Waals surface area contributed by atoms with Gasteiger partial charge in [0.15, 0.2) is 0 Å². The van der Waals surface area contributed by atoms with Crippen LogP contribution in [0.1, 0.15) is 105 Å². The molecule has 2 atom stereocenters. The fraction of sp³-hybridized carbons (Fsp3) is 0.553. The molecule has 36 nitrogen and oxygen atoms in total. The molecule has 8 rings (SSSR count). The molecule has 114 heavy (non-hydrogen) atoms. The summed E-state index contributed by atoms with van der Waals surface area (Å²) in [4.78, 5) is 106. The minimum Gasteiger partial charge on any atom is -0.457 e. The number of nitrogens with one attached hydrogen (secondary N) is 4. The van der Waals surface area contributed by atoms with Gasteiger partial charge in [0.05, 0.1) is 166 Å². The van der Waals surface area contributed by atoms with E-state index in [1.165, 1.54) is 27.5 Å². The molecule has 6 aromatic rings. The van der Waals surface area contributed by atoms with E-state index in [-0.39, 0.29) is 100 Å². The van der Waals surface area contributed by atoms with E-state index in [4.69, 9.17) is 67.6 Å². The molecule has 6 heterocycles. The third-order valence-electron chi connectivity index (χ3n) is 17.8. The van der Waals surface area contributed by atoms with E-state index < -0.39 is 80.1 Å². The van der Waals surface area contributed by atoms with Gasteiger partial charge < -0.3 is 88.4 Å². The zero-order chi connectivity index (χ0) is 81.7. The maximum Gasteiger partial charge on any atom is 0.510 e. The normalized spacial score (nSPS) is 14.0. The maximum absolute atomic E-state index is 14.4. The van der Waals surface area contributed by atoms with Gasteiger partial charge in [-0.2, -0.15) is 4.31 Å². The van der Waals surface area contributed by atoms with Gasteiger partial charge in [0, 0.05) is 72.8 Å². The number of hydrogen-bond donors (Lipinski definition) is 5. The Morgan fingerprint density at radius 2 is 1.36 bits per heavy atom. The molecule has 0 bridgehead atoms. The molecule has 4 aromatic heterocycles. The molecule has 0 unspecified atom stereocenters. The van der Waals surface area contributed by atoms with E-state index in [1.54, 1.807) is 62.0 Å². The summed E-state index contributed by atoms with van der Waals surface area (Å²) < 4.78 is 120. The molecule has 6 N–H and O–H groups in total. The van der Waals surface area contributed by atoms with E-state index in [2.05, 4.69) is 53.4 Å². The molecular weight excluding hydrogens is 1530 g/mol. The number of anilines is 1. The number of benzene rings is 2. The second kappa shape index (κ2) is 46.9. The molecule has 2 aliphatic rings. The number of nitrogens with zero attached hydrogens (tertiary/aromatic N) is 8. The van der Waals surface area contributed by atoms with Gasteiger partial charge in [0.2, 0.25) is 54.2 Å². The number of fused-ring (bicyclic) bond motifs is 5. The molecular formula is C76H103N13O23S2. The number of para-hydroxylation sites is 1. The number of ether oxygens (including phenoxy) is 12. The van der Waals surface area contributed by atoms with E-state index in [1.807, 2.05) is 24.3 Å². The number of sulfonamides is 1. The largest absolute Gasteiger partial charge is 0.510 e. The van der Waals surface area contributed by atoms with Crippen LogP contribution in [0.5, 0.6) is 0 Å². The van der Waals surface area contributed by atoms with Crippen molar-refractivity contribution in [2.45, 2.75) is 128 Å². The molecule has 0 spiro atoms. The van der Waals surface area contributed by atoms with Crippen LogP contribution < -0.4 is 32.6 Å². The molecule has 0 saturated heterocycles. The van der Waals surface area contributed by atoms with Gasteiger partial charge in [-0.15, -0.1) is 5.10 Å². The summed E-state index contributed by atoms with van der Waals surface area (Å²) in [5.41, 5.74) is 8.45. The van der Waals surface area contributed by atoms with Crippen LogP contribution >= 0.6 is 0 Å². The highest BCUT2D eigenvalue weighted by molar-refractivity contribution is 7.90. The minimum atomic E-state index is -3.54. The predicted octanol–water partition coefficient (Wildman–Crippen LogP) is 2.79. The Bertz CT molecular complexity index is 4500. The predicted molar refractivity (Wildman–Crippen MR) is 412 cm³/mol. The summed E-state index contributed by atoms with van der Waals surface area (Å²) in [5, 5.41) is 19.6. The van der Waals surface area contributed by atoms with Crippen LogP contribution in [-0.4, -0.2) is 255 Å². The highest BCUT2D eigenvalue weighted by Gasteiger charge is 2.51. The van der Waals surface area contributed by atoms with Crippen LogP contribution in [0.2, 0.25) is 0 Å². The first kappa shape index (κ1) is 90.2. The van der Waals surface area contributed by atoms with Crippen molar-refractivity contribution in [3.63, 3.8) is 0 Å². The number of carbonyl (C=O) groups excluding carboxylic acids is 6. The lowest BCUT2D eigenvalue weighted by atomic mass is 9.85. The second-order valence-electron chi connectivity index (χ2n) is 26.6. The number of aromatic nitrogens is 7. The number of rotatable bonds is 53. The fourth-order valence-corrected chi connectivity index (χ4v) is 13.7. The van der Waals surface area contributed by atoms with Crippen molar-refractivity contribution < 1.29 is 102 Å². The summed E-state index contributed by atoms with van der Waals surface area (Å²) in [6, 6.07) is 14.1. The summed E-state index contributed by atoms with van der Waals surface area (Å²) in [6.07, 6.45) is 8.29. The van der Waals surface area contributed by atoms with Gasteiger partial charge in [0.1, 0.15) is 38.2 Å².